The van der Waals surface area contributed by atoms with Crippen molar-refractivity contribution in [2.24, 2.45) is 5.73 Å². The van der Waals surface area contributed by atoms with Crippen LogP contribution >= 0.6 is 11.3 Å². The first kappa shape index (κ1) is 15.2. The van der Waals surface area contributed by atoms with E-state index in [0.29, 0.717) is 11.1 Å². The fraction of sp³-hybridized carbons (Fsp3) is 0.267. The Morgan fingerprint density at radius 3 is 2.67 bits per heavy atom. The number of thiazole rings is 1. The van der Waals surface area contributed by atoms with Gasteiger partial charge in [0, 0.05) is 22.2 Å². The van der Waals surface area contributed by atoms with Crippen molar-refractivity contribution in [2.45, 2.75) is 26.3 Å². The number of nitrogens with two attached hydrogens (primary N) is 1. The molecule has 110 valence electrons. The number of carbonyl (C=O) groups excluding carboxylic acids is 2. The number of nitrogens with zero attached hydrogens (tertiary/aromatic N) is 1. The van der Waals surface area contributed by atoms with Crippen molar-refractivity contribution in [2.75, 3.05) is 0 Å². The van der Waals surface area contributed by atoms with Gasteiger partial charge in [-0.25, -0.2) is 4.98 Å². The normalized spacial score (nSPS) is 11.9. The number of hydrogen-bond acceptors (Lipinski definition) is 4. The Labute approximate surface area is 127 Å². The number of hydrogen-bond donors (Lipinski definition) is 2. The Bertz CT molecular complexity index is 666. The monoisotopic (exact) mass is 303 g/mol. The zero-order chi connectivity index (χ0) is 15.4. The van der Waals surface area contributed by atoms with Crippen LogP contribution in [-0.2, 0) is 0 Å². The van der Waals surface area contributed by atoms with E-state index in [4.69, 9.17) is 5.73 Å². The van der Waals surface area contributed by atoms with Gasteiger partial charge in [-0.2, -0.15) is 0 Å². The molecule has 1 aromatic heterocycles. The summed E-state index contributed by atoms with van der Waals surface area (Å²) in [7, 11) is 0. The highest BCUT2D eigenvalue weighted by Crippen LogP contribution is 2.21. The smallest absolute Gasteiger partial charge is 0.251 e. The first-order chi connectivity index (χ1) is 10.0. The molecular formula is C15H17N3O2S. The van der Waals surface area contributed by atoms with Crippen LogP contribution in [0.5, 0.6) is 0 Å². The third-order valence-corrected chi connectivity index (χ3v) is 4.13. The van der Waals surface area contributed by atoms with Gasteiger partial charge in [-0.15, -0.1) is 11.3 Å². The molecule has 0 bridgehead atoms. The van der Waals surface area contributed by atoms with Crippen LogP contribution in [0, 0.1) is 6.92 Å². The Balaban J connectivity index is 2.16. The van der Waals surface area contributed by atoms with Gasteiger partial charge in [0.25, 0.3) is 5.91 Å². The summed E-state index contributed by atoms with van der Waals surface area (Å²) in [5.41, 5.74) is 6.90. The lowest BCUT2D eigenvalue weighted by atomic mass is 10.1. The molecule has 5 nitrogen and oxygen atoms in total. The number of benzene rings is 1. The van der Waals surface area contributed by atoms with Crippen molar-refractivity contribution < 1.29 is 9.59 Å². The summed E-state index contributed by atoms with van der Waals surface area (Å²) in [6, 6.07) is 6.25. The number of aromatic nitrogens is 1. The van der Waals surface area contributed by atoms with Gasteiger partial charge >= 0.3 is 0 Å². The summed E-state index contributed by atoms with van der Waals surface area (Å²) < 4.78 is 0. The Morgan fingerprint density at radius 2 is 2.10 bits per heavy atom. The minimum Gasteiger partial charge on any atom is -0.366 e. The highest BCUT2D eigenvalue weighted by Gasteiger charge is 2.17. The number of aryl methyl sites for hydroxylation is 1. The average Bonchev–Trinajstić information content (AvgIpc) is 2.91. The van der Waals surface area contributed by atoms with E-state index in [0.717, 1.165) is 17.1 Å². The first-order valence-corrected chi connectivity index (χ1v) is 7.52. The molecule has 3 N–H and O–H groups in total. The largest absolute Gasteiger partial charge is 0.366 e. The summed E-state index contributed by atoms with van der Waals surface area (Å²) in [6.45, 7) is 3.91. The van der Waals surface area contributed by atoms with Crippen LogP contribution in [-0.4, -0.2) is 16.8 Å². The predicted molar refractivity (Wildman–Crippen MR) is 82.3 cm³/mol. The number of nitrogens with one attached hydrogen (secondary N) is 1. The highest BCUT2D eigenvalue weighted by atomic mass is 32.1. The summed E-state index contributed by atoms with van der Waals surface area (Å²) in [5.74, 6) is -0.787. The second-order valence-electron chi connectivity index (χ2n) is 4.71. The van der Waals surface area contributed by atoms with E-state index in [2.05, 4.69) is 10.3 Å². The summed E-state index contributed by atoms with van der Waals surface area (Å²) in [5, 5.41) is 5.78. The van der Waals surface area contributed by atoms with Gasteiger partial charge in [0.1, 0.15) is 5.01 Å². The minimum absolute atomic E-state index is 0.131. The van der Waals surface area contributed by atoms with Crippen LogP contribution < -0.4 is 11.1 Å². The van der Waals surface area contributed by atoms with Gasteiger partial charge in [0.15, 0.2) is 0 Å². The third kappa shape index (κ3) is 3.66. The highest BCUT2D eigenvalue weighted by molar-refractivity contribution is 7.09. The first-order valence-electron chi connectivity index (χ1n) is 6.64. The number of primary amides is 1. The minimum atomic E-state index is -0.549. The van der Waals surface area contributed by atoms with Crippen LogP contribution in [0.4, 0.5) is 0 Å². The average molecular weight is 303 g/mol. The fourth-order valence-corrected chi connectivity index (χ4v) is 2.86. The Hall–Kier alpha value is -2.21. The maximum absolute atomic E-state index is 12.3. The van der Waals surface area contributed by atoms with E-state index in [1.807, 2.05) is 19.2 Å². The molecule has 21 heavy (non-hydrogen) atoms. The molecule has 0 saturated carbocycles. The van der Waals surface area contributed by atoms with Crippen LogP contribution in [0.25, 0.3) is 0 Å². The van der Waals surface area contributed by atoms with Gasteiger partial charge in [-0.05, 0) is 31.5 Å². The lowest BCUT2D eigenvalue weighted by Crippen LogP contribution is -2.28. The van der Waals surface area contributed by atoms with Crippen LogP contribution in [0.2, 0.25) is 0 Å². The Kier molecular flexibility index (Phi) is 4.70. The topological polar surface area (TPSA) is 85.1 Å². The summed E-state index contributed by atoms with van der Waals surface area (Å²) in [4.78, 5) is 27.8. The molecule has 0 radical (unpaired) electrons. The van der Waals surface area contributed by atoms with Crippen LogP contribution in [0.1, 0.15) is 50.8 Å². The lowest BCUT2D eigenvalue weighted by Gasteiger charge is -2.14. The van der Waals surface area contributed by atoms with E-state index < -0.39 is 5.91 Å². The van der Waals surface area contributed by atoms with E-state index >= 15 is 0 Å². The van der Waals surface area contributed by atoms with E-state index in [1.54, 1.807) is 18.2 Å². The van der Waals surface area contributed by atoms with Crippen LogP contribution in [0.15, 0.2) is 29.6 Å². The van der Waals surface area contributed by atoms with E-state index in [-0.39, 0.29) is 11.9 Å². The zero-order valence-electron chi connectivity index (χ0n) is 11.9. The van der Waals surface area contributed by atoms with Gasteiger partial charge in [-0.1, -0.05) is 13.0 Å². The number of carbonyl (C=O) groups is 2. The van der Waals surface area contributed by atoms with Crippen molar-refractivity contribution in [3.05, 3.63) is 51.5 Å². The zero-order valence-corrected chi connectivity index (χ0v) is 12.7. The van der Waals surface area contributed by atoms with E-state index in [9.17, 15) is 9.59 Å². The SMILES string of the molecule is CCC(NC(=O)c1cccc(C(N)=O)c1)c1nc(C)cs1. The molecule has 2 rings (SSSR count). The summed E-state index contributed by atoms with van der Waals surface area (Å²) in [6.07, 6.45) is 0.744. The second kappa shape index (κ2) is 6.49. The second-order valence-corrected chi connectivity index (χ2v) is 5.60. The maximum atomic E-state index is 12.3. The van der Waals surface area contributed by atoms with Crippen LogP contribution in [0.3, 0.4) is 0 Å². The van der Waals surface area contributed by atoms with Crippen molar-refractivity contribution in [1.82, 2.24) is 10.3 Å². The molecule has 6 heteroatoms. The lowest BCUT2D eigenvalue weighted by molar-refractivity contribution is 0.0935. The van der Waals surface area contributed by atoms with Gasteiger partial charge in [-0.3, -0.25) is 9.59 Å². The molecule has 0 saturated heterocycles. The molecule has 1 atom stereocenters. The van der Waals surface area contributed by atoms with Gasteiger partial charge in [0.05, 0.1) is 6.04 Å². The van der Waals surface area contributed by atoms with E-state index in [1.165, 1.54) is 17.4 Å². The number of rotatable bonds is 5. The number of amides is 2. The summed E-state index contributed by atoms with van der Waals surface area (Å²) >= 11 is 1.53. The van der Waals surface area contributed by atoms with Crippen molar-refractivity contribution in [3.8, 4) is 0 Å². The molecule has 1 unspecified atom stereocenters. The molecule has 2 aromatic rings. The van der Waals surface area contributed by atoms with Gasteiger partial charge < -0.3 is 11.1 Å². The standard InChI is InChI=1S/C15H17N3O2S/c1-3-12(15-17-9(2)8-21-15)18-14(20)11-6-4-5-10(7-11)13(16)19/h4-8,12H,3H2,1-2H3,(H2,16,19)(H,18,20). The fourth-order valence-electron chi connectivity index (χ4n) is 1.93. The molecular weight excluding hydrogens is 286 g/mol. The quantitative estimate of drug-likeness (QED) is 0.889. The van der Waals surface area contributed by atoms with Gasteiger partial charge in [0.2, 0.25) is 5.91 Å². The molecule has 2 amide bonds. The van der Waals surface area contributed by atoms with Crippen molar-refractivity contribution in [1.29, 1.82) is 0 Å². The van der Waals surface area contributed by atoms with Crippen molar-refractivity contribution >= 4 is 23.2 Å². The molecule has 0 aliphatic rings. The molecule has 0 aliphatic heterocycles. The molecule has 1 heterocycles. The molecule has 0 aliphatic carbocycles. The molecule has 0 spiro atoms. The predicted octanol–water partition coefficient (Wildman–Crippen LogP) is 2.43. The third-order valence-electron chi connectivity index (χ3n) is 3.06. The molecule has 0 fully saturated rings. The Morgan fingerprint density at radius 1 is 1.38 bits per heavy atom. The maximum Gasteiger partial charge on any atom is 0.251 e. The van der Waals surface area contributed by atoms with Crippen molar-refractivity contribution in [3.63, 3.8) is 0 Å². The molecule has 1 aromatic carbocycles.